The molecule has 24 heavy (non-hydrogen) atoms. The fourth-order valence-corrected chi connectivity index (χ4v) is 2.74. The average molecular weight is 320 g/mol. The molecule has 0 saturated carbocycles. The van der Waals surface area contributed by atoms with Crippen LogP contribution in [0.5, 0.6) is 0 Å². The first-order valence-corrected chi connectivity index (χ1v) is 8.11. The van der Waals surface area contributed by atoms with Crippen LogP contribution >= 0.6 is 0 Å². The molecule has 0 atom stereocenters. The minimum Gasteiger partial charge on any atom is -0.354 e. The number of nitrogens with zero attached hydrogens (tertiary/aromatic N) is 5. The minimum absolute atomic E-state index is 0.191. The molecular formula is C18H20N6. The van der Waals surface area contributed by atoms with Gasteiger partial charge in [0.1, 0.15) is 0 Å². The van der Waals surface area contributed by atoms with E-state index in [4.69, 9.17) is 0 Å². The highest BCUT2D eigenvalue weighted by Gasteiger charge is 2.20. The number of nitrogens with one attached hydrogen (secondary N) is 1. The maximum Gasteiger partial charge on any atom is 0.222 e. The third kappa shape index (κ3) is 2.75. The Morgan fingerprint density at radius 2 is 2.08 bits per heavy atom. The molecule has 1 N–H and O–H groups in total. The lowest BCUT2D eigenvalue weighted by molar-refractivity contribution is 0.441. The van der Waals surface area contributed by atoms with Crippen molar-refractivity contribution in [3.05, 3.63) is 53.8 Å². The number of anilines is 1. The monoisotopic (exact) mass is 320 g/mol. The molecule has 0 fully saturated rings. The van der Waals surface area contributed by atoms with Crippen molar-refractivity contribution in [2.75, 3.05) is 11.9 Å². The lowest BCUT2D eigenvalue weighted by atomic mass is 9.97. The van der Waals surface area contributed by atoms with Crippen LogP contribution in [0, 0.1) is 5.41 Å². The van der Waals surface area contributed by atoms with Gasteiger partial charge in [-0.1, -0.05) is 26.8 Å². The van der Waals surface area contributed by atoms with Gasteiger partial charge < -0.3 is 5.32 Å². The van der Waals surface area contributed by atoms with E-state index in [0.29, 0.717) is 5.95 Å². The summed E-state index contributed by atoms with van der Waals surface area (Å²) < 4.78 is 1.76. The fourth-order valence-electron chi connectivity index (χ4n) is 2.74. The normalized spacial score (nSPS) is 13.9. The summed E-state index contributed by atoms with van der Waals surface area (Å²) in [7, 11) is 0. The Bertz CT molecular complexity index is 932. The van der Waals surface area contributed by atoms with Gasteiger partial charge in [-0.2, -0.15) is 5.10 Å². The van der Waals surface area contributed by atoms with Crippen molar-refractivity contribution in [1.82, 2.24) is 24.6 Å². The van der Waals surface area contributed by atoms with Gasteiger partial charge in [0, 0.05) is 42.6 Å². The first kappa shape index (κ1) is 14.8. The van der Waals surface area contributed by atoms with Crippen molar-refractivity contribution < 1.29 is 0 Å². The third-order valence-corrected chi connectivity index (χ3v) is 3.97. The van der Waals surface area contributed by atoms with Gasteiger partial charge in [-0.3, -0.25) is 0 Å². The Morgan fingerprint density at radius 1 is 1.21 bits per heavy atom. The molecule has 0 aliphatic heterocycles. The standard InChI is InChI=1S/C18H20N6/c1-18(2,3)11-20-17-19-10-13-12(4-5-14(13)23-17)15-7-9-24-16(22-15)6-8-21-24/h4,6-10H,5,11H2,1-3H3,(H,19,20,23). The molecule has 6 heteroatoms. The van der Waals surface area contributed by atoms with E-state index in [9.17, 15) is 0 Å². The van der Waals surface area contributed by atoms with E-state index in [1.165, 1.54) is 0 Å². The Balaban J connectivity index is 1.61. The molecule has 0 radical (unpaired) electrons. The van der Waals surface area contributed by atoms with E-state index in [0.717, 1.165) is 41.1 Å². The Hall–Kier alpha value is -2.76. The summed E-state index contributed by atoms with van der Waals surface area (Å²) in [5.74, 6) is 0.692. The zero-order chi connectivity index (χ0) is 16.7. The second-order valence-corrected chi connectivity index (χ2v) is 7.24. The average Bonchev–Trinajstić information content (AvgIpc) is 3.17. The summed E-state index contributed by atoms with van der Waals surface area (Å²) in [4.78, 5) is 13.8. The number of fused-ring (bicyclic) bond motifs is 2. The molecule has 122 valence electrons. The summed E-state index contributed by atoms with van der Waals surface area (Å²) >= 11 is 0. The van der Waals surface area contributed by atoms with Gasteiger partial charge in [0.15, 0.2) is 5.65 Å². The van der Waals surface area contributed by atoms with Crippen LogP contribution in [0.3, 0.4) is 0 Å². The second-order valence-electron chi connectivity index (χ2n) is 7.24. The van der Waals surface area contributed by atoms with E-state index in [1.807, 2.05) is 24.5 Å². The van der Waals surface area contributed by atoms with Gasteiger partial charge in [-0.25, -0.2) is 19.5 Å². The lowest BCUT2D eigenvalue weighted by Gasteiger charge is -2.18. The lowest BCUT2D eigenvalue weighted by Crippen LogP contribution is -2.20. The highest BCUT2D eigenvalue weighted by atomic mass is 15.2. The predicted octanol–water partition coefficient (Wildman–Crippen LogP) is 2.97. The zero-order valence-electron chi connectivity index (χ0n) is 14.1. The van der Waals surface area contributed by atoms with Gasteiger partial charge in [-0.15, -0.1) is 0 Å². The van der Waals surface area contributed by atoms with Gasteiger partial charge in [0.05, 0.1) is 17.6 Å². The number of hydrogen-bond donors (Lipinski definition) is 1. The topological polar surface area (TPSA) is 68.0 Å². The first-order valence-electron chi connectivity index (χ1n) is 8.11. The van der Waals surface area contributed by atoms with E-state index in [2.05, 4.69) is 52.2 Å². The summed E-state index contributed by atoms with van der Waals surface area (Å²) in [5.41, 5.74) is 5.17. The van der Waals surface area contributed by atoms with Crippen LogP contribution in [-0.4, -0.2) is 31.1 Å². The molecule has 3 heterocycles. The van der Waals surface area contributed by atoms with Gasteiger partial charge in [0.25, 0.3) is 0 Å². The zero-order valence-corrected chi connectivity index (χ0v) is 14.1. The van der Waals surface area contributed by atoms with Crippen molar-refractivity contribution in [3.63, 3.8) is 0 Å². The molecule has 1 aliphatic rings. The second kappa shape index (κ2) is 5.40. The largest absolute Gasteiger partial charge is 0.354 e. The fraction of sp³-hybridized carbons (Fsp3) is 0.333. The predicted molar refractivity (Wildman–Crippen MR) is 93.7 cm³/mol. The van der Waals surface area contributed by atoms with Crippen molar-refractivity contribution >= 4 is 17.2 Å². The van der Waals surface area contributed by atoms with Crippen molar-refractivity contribution in [2.45, 2.75) is 27.2 Å². The maximum absolute atomic E-state index is 4.67. The SMILES string of the molecule is CC(C)(C)CNc1ncc2c(n1)CC=C2c1ccn2nccc2n1. The molecule has 3 aromatic rings. The van der Waals surface area contributed by atoms with Crippen molar-refractivity contribution in [3.8, 4) is 0 Å². The summed E-state index contributed by atoms with van der Waals surface area (Å²) in [5, 5.41) is 7.50. The van der Waals surface area contributed by atoms with E-state index in [-0.39, 0.29) is 5.41 Å². The van der Waals surface area contributed by atoms with Gasteiger partial charge in [-0.05, 0) is 11.5 Å². The highest BCUT2D eigenvalue weighted by Crippen LogP contribution is 2.31. The molecule has 0 amide bonds. The van der Waals surface area contributed by atoms with Crippen LogP contribution in [-0.2, 0) is 6.42 Å². The molecule has 0 spiro atoms. The van der Waals surface area contributed by atoms with Crippen LogP contribution in [0.1, 0.15) is 37.7 Å². The molecule has 3 aromatic heterocycles. The first-order chi connectivity index (χ1) is 11.5. The molecule has 0 bridgehead atoms. The van der Waals surface area contributed by atoms with E-state index < -0.39 is 0 Å². The van der Waals surface area contributed by atoms with Gasteiger partial charge in [0.2, 0.25) is 5.95 Å². The van der Waals surface area contributed by atoms with E-state index in [1.54, 1.807) is 10.7 Å². The smallest absolute Gasteiger partial charge is 0.222 e. The van der Waals surface area contributed by atoms with Crippen molar-refractivity contribution in [1.29, 1.82) is 0 Å². The minimum atomic E-state index is 0.191. The summed E-state index contributed by atoms with van der Waals surface area (Å²) in [6, 6.07) is 3.88. The molecule has 0 aromatic carbocycles. The quantitative estimate of drug-likeness (QED) is 0.803. The number of rotatable bonds is 3. The number of allylic oxidation sites excluding steroid dienone is 1. The molecule has 4 rings (SSSR count). The number of aromatic nitrogens is 5. The van der Waals surface area contributed by atoms with Crippen LogP contribution < -0.4 is 5.32 Å². The van der Waals surface area contributed by atoms with Crippen molar-refractivity contribution in [2.24, 2.45) is 5.41 Å². The van der Waals surface area contributed by atoms with Gasteiger partial charge >= 0.3 is 0 Å². The molecule has 0 unspecified atom stereocenters. The number of hydrogen-bond acceptors (Lipinski definition) is 5. The molecule has 6 nitrogen and oxygen atoms in total. The third-order valence-electron chi connectivity index (χ3n) is 3.97. The van der Waals surface area contributed by atoms with Crippen LogP contribution in [0.25, 0.3) is 11.2 Å². The Kier molecular flexibility index (Phi) is 3.33. The van der Waals surface area contributed by atoms with Crippen LogP contribution in [0.15, 0.2) is 36.8 Å². The summed E-state index contributed by atoms with van der Waals surface area (Å²) in [6.07, 6.45) is 8.55. The van der Waals surface area contributed by atoms with Crippen LogP contribution in [0.4, 0.5) is 5.95 Å². The molecule has 1 aliphatic carbocycles. The molecular weight excluding hydrogens is 300 g/mol. The Morgan fingerprint density at radius 3 is 2.92 bits per heavy atom. The van der Waals surface area contributed by atoms with E-state index >= 15 is 0 Å². The van der Waals surface area contributed by atoms with Crippen LogP contribution in [0.2, 0.25) is 0 Å². The highest BCUT2D eigenvalue weighted by molar-refractivity contribution is 5.82. The molecule has 0 saturated heterocycles. The summed E-state index contributed by atoms with van der Waals surface area (Å²) in [6.45, 7) is 7.40. The Labute approximate surface area is 140 Å². The maximum atomic E-state index is 4.67.